The number of benzene rings is 2. The number of amides is 1. The fourth-order valence-corrected chi connectivity index (χ4v) is 3.18. The molecule has 8 heteroatoms. The van der Waals surface area contributed by atoms with E-state index >= 15 is 0 Å². The summed E-state index contributed by atoms with van der Waals surface area (Å²) < 4.78 is 1.79. The average Bonchev–Trinajstić information content (AvgIpc) is 3.22. The highest BCUT2D eigenvalue weighted by Gasteiger charge is 2.06. The van der Waals surface area contributed by atoms with E-state index in [0.717, 1.165) is 22.6 Å². The van der Waals surface area contributed by atoms with Gasteiger partial charge in [0.05, 0.1) is 16.4 Å². The highest BCUT2D eigenvalue weighted by molar-refractivity contribution is 8.00. The largest absolute Gasteiger partial charge is 0.355 e. The van der Waals surface area contributed by atoms with Gasteiger partial charge in [-0.1, -0.05) is 12.1 Å². The van der Waals surface area contributed by atoms with Gasteiger partial charge >= 0.3 is 0 Å². The van der Waals surface area contributed by atoms with Crippen molar-refractivity contribution in [3.05, 3.63) is 82.7 Å². The summed E-state index contributed by atoms with van der Waals surface area (Å²) in [5.74, 6) is 0.210. The number of hydrogen-bond acceptors (Lipinski definition) is 5. The van der Waals surface area contributed by atoms with Gasteiger partial charge in [-0.2, -0.15) is 5.10 Å². The van der Waals surface area contributed by atoms with Crippen LogP contribution in [0.15, 0.2) is 71.9 Å². The molecule has 7 nitrogen and oxygen atoms in total. The van der Waals surface area contributed by atoms with Crippen molar-refractivity contribution in [2.45, 2.75) is 11.3 Å². The first-order chi connectivity index (χ1) is 13.1. The Hall–Kier alpha value is -3.13. The van der Waals surface area contributed by atoms with Crippen LogP contribution in [-0.2, 0) is 11.2 Å². The lowest BCUT2D eigenvalue weighted by Gasteiger charge is -2.07. The van der Waals surface area contributed by atoms with Gasteiger partial charge in [0.2, 0.25) is 5.91 Å². The zero-order chi connectivity index (χ0) is 19.1. The van der Waals surface area contributed by atoms with Gasteiger partial charge in [-0.3, -0.25) is 14.9 Å². The zero-order valence-electron chi connectivity index (χ0n) is 14.4. The molecule has 0 saturated heterocycles. The number of carbonyl (C=O) groups excluding carboxylic acids is 1. The van der Waals surface area contributed by atoms with E-state index < -0.39 is 4.92 Å². The summed E-state index contributed by atoms with van der Waals surface area (Å²) in [7, 11) is 0. The zero-order valence-corrected chi connectivity index (χ0v) is 15.3. The van der Waals surface area contributed by atoms with Crippen LogP contribution >= 0.6 is 11.8 Å². The van der Waals surface area contributed by atoms with E-state index in [1.165, 1.54) is 23.9 Å². The normalized spacial score (nSPS) is 10.5. The highest BCUT2D eigenvalue weighted by Crippen LogP contribution is 2.21. The standard InChI is InChI=1S/C19H18N4O3S/c24-19(14-27-18-8-6-17(7-9-18)23(25)26)20-12-10-15-2-4-16(5-3-15)22-13-1-11-21-22/h1-9,11,13H,10,12,14H2,(H,20,24). The van der Waals surface area contributed by atoms with Crippen LogP contribution in [-0.4, -0.2) is 32.9 Å². The second kappa shape index (κ2) is 9.00. The molecule has 0 unspecified atom stereocenters. The maximum atomic E-state index is 11.9. The molecular formula is C19H18N4O3S. The van der Waals surface area contributed by atoms with Crippen LogP contribution in [0.2, 0.25) is 0 Å². The van der Waals surface area contributed by atoms with E-state index in [4.69, 9.17) is 0 Å². The van der Waals surface area contributed by atoms with E-state index in [1.54, 1.807) is 23.0 Å². The predicted molar refractivity (Wildman–Crippen MR) is 104 cm³/mol. The first-order valence-electron chi connectivity index (χ1n) is 8.35. The lowest BCUT2D eigenvalue weighted by Crippen LogP contribution is -2.27. The van der Waals surface area contributed by atoms with E-state index in [-0.39, 0.29) is 17.3 Å². The molecule has 0 radical (unpaired) electrons. The molecule has 1 amide bonds. The van der Waals surface area contributed by atoms with Gasteiger partial charge in [0.15, 0.2) is 0 Å². The van der Waals surface area contributed by atoms with Crippen LogP contribution in [0.3, 0.4) is 0 Å². The third kappa shape index (κ3) is 5.42. The fraction of sp³-hybridized carbons (Fsp3) is 0.158. The SMILES string of the molecule is O=C(CSc1ccc([N+](=O)[O-])cc1)NCCc1ccc(-n2cccn2)cc1. The van der Waals surface area contributed by atoms with Crippen molar-refractivity contribution >= 4 is 23.4 Å². The molecule has 0 saturated carbocycles. The van der Waals surface area contributed by atoms with E-state index in [0.29, 0.717) is 6.54 Å². The summed E-state index contributed by atoms with van der Waals surface area (Å²) in [5, 5.41) is 17.7. The van der Waals surface area contributed by atoms with E-state index in [9.17, 15) is 14.9 Å². The molecule has 2 aromatic carbocycles. The predicted octanol–water partition coefficient (Wildman–Crippen LogP) is 3.23. The number of nitro groups is 1. The number of nitrogens with one attached hydrogen (secondary N) is 1. The molecule has 1 heterocycles. The van der Waals surface area contributed by atoms with Gasteiger partial charge < -0.3 is 5.32 Å². The second-order valence-corrected chi connectivity index (χ2v) is 6.81. The number of aromatic nitrogens is 2. The first-order valence-corrected chi connectivity index (χ1v) is 9.33. The lowest BCUT2D eigenvalue weighted by atomic mass is 10.1. The Labute approximate surface area is 160 Å². The second-order valence-electron chi connectivity index (χ2n) is 5.76. The molecule has 0 spiro atoms. The molecule has 0 aliphatic heterocycles. The van der Waals surface area contributed by atoms with Crippen molar-refractivity contribution in [2.75, 3.05) is 12.3 Å². The van der Waals surface area contributed by atoms with Gasteiger partial charge in [-0.15, -0.1) is 11.8 Å². The van der Waals surface area contributed by atoms with Crippen LogP contribution in [0.1, 0.15) is 5.56 Å². The third-order valence-corrected chi connectivity index (χ3v) is 4.87. The maximum absolute atomic E-state index is 11.9. The van der Waals surface area contributed by atoms with Gasteiger partial charge in [0, 0.05) is 36.0 Å². The molecule has 0 aliphatic rings. The number of rotatable bonds is 8. The molecule has 1 aromatic heterocycles. The number of carbonyl (C=O) groups is 1. The van der Waals surface area contributed by atoms with Gasteiger partial charge in [-0.05, 0) is 42.3 Å². The van der Waals surface area contributed by atoms with Crippen LogP contribution in [0.5, 0.6) is 0 Å². The molecule has 3 aromatic rings. The van der Waals surface area contributed by atoms with Crippen molar-refractivity contribution in [1.29, 1.82) is 0 Å². The van der Waals surface area contributed by atoms with Crippen molar-refractivity contribution in [3.8, 4) is 5.69 Å². The first kappa shape index (κ1) is 18.7. The summed E-state index contributed by atoms with van der Waals surface area (Å²) >= 11 is 1.35. The van der Waals surface area contributed by atoms with Crippen LogP contribution in [0.25, 0.3) is 5.69 Å². The van der Waals surface area contributed by atoms with Crippen molar-refractivity contribution in [1.82, 2.24) is 15.1 Å². The van der Waals surface area contributed by atoms with Crippen molar-refractivity contribution in [2.24, 2.45) is 0 Å². The molecule has 0 aliphatic carbocycles. The summed E-state index contributed by atoms with van der Waals surface area (Å²) in [4.78, 5) is 22.9. The Kier molecular flexibility index (Phi) is 6.22. The Balaban J connectivity index is 1.39. The van der Waals surface area contributed by atoms with Gasteiger partial charge in [0.1, 0.15) is 0 Å². The number of nitrogens with zero attached hydrogens (tertiary/aromatic N) is 3. The molecule has 0 fully saturated rings. The third-order valence-electron chi connectivity index (χ3n) is 3.86. The van der Waals surface area contributed by atoms with Gasteiger partial charge in [0.25, 0.3) is 5.69 Å². The minimum atomic E-state index is -0.442. The summed E-state index contributed by atoms with van der Waals surface area (Å²) in [5.41, 5.74) is 2.17. The molecular weight excluding hydrogens is 364 g/mol. The van der Waals surface area contributed by atoms with E-state index in [2.05, 4.69) is 10.4 Å². The molecule has 1 N–H and O–H groups in total. The van der Waals surface area contributed by atoms with Gasteiger partial charge in [-0.25, -0.2) is 4.68 Å². The maximum Gasteiger partial charge on any atom is 0.269 e. The smallest absolute Gasteiger partial charge is 0.269 e. The Bertz CT molecular complexity index is 894. The quantitative estimate of drug-likeness (QED) is 0.367. The highest BCUT2D eigenvalue weighted by atomic mass is 32.2. The minimum absolute atomic E-state index is 0.0439. The molecule has 0 bridgehead atoms. The Morgan fingerprint density at radius 1 is 1.15 bits per heavy atom. The van der Waals surface area contributed by atoms with Crippen LogP contribution < -0.4 is 5.32 Å². The molecule has 138 valence electrons. The minimum Gasteiger partial charge on any atom is -0.355 e. The number of nitro benzene ring substituents is 1. The number of non-ortho nitro benzene ring substituents is 1. The molecule has 27 heavy (non-hydrogen) atoms. The summed E-state index contributed by atoms with van der Waals surface area (Å²) in [6.07, 6.45) is 4.36. The topological polar surface area (TPSA) is 90.1 Å². The van der Waals surface area contributed by atoms with E-state index in [1.807, 2.05) is 36.5 Å². The molecule has 3 rings (SSSR count). The monoisotopic (exact) mass is 382 g/mol. The molecule has 0 atom stereocenters. The van der Waals surface area contributed by atoms with Crippen LogP contribution in [0.4, 0.5) is 5.69 Å². The summed E-state index contributed by atoms with van der Waals surface area (Å²) in [6, 6.07) is 16.1. The number of hydrogen-bond donors (Lipinski definition) is 1. The summed E-state index contributed by atoms with van der Waals surface area (Å²) in [6.45, 7) is 0.556. The fourth-order valence-electron chi connectivity index (χ4n) is 2.45. The van der Waals surface area contributed by atoms with Crippen molar-refractivity contribution < 1.29 is 9.72 Å². The lowest BCUT2D eigenvalue weighted by molar-refractivity contribution is -0.384. The average molecular weight is 382 g/mol. The Morgan fingerprint density at radius 3 is 2.52 bits per heavy atom. The van der Waals surface area contributed by atoms with Crippen LogP contribution in [0, 0.1) is 10.1 Å². The van der Waals surface area contributed by atoms with Crippen molar-refractivity contribution in [3.63, 3.8) is 0 Å². The Morgan fingerprint density at radius 2 is 1.89 bits per heavy atom. The number of thioether (sulfide) groups is 1.